The van der Waals surface area contributed by atoms with E-state index in [9.17, 15) is 26.4 Å². The Morgan fingerprint density at radius 2 is 1.88 bits per heavy atom. The second-order valence-corrected chi connectivity index (χ2v) is 10.3. The second kappa shape index (κ2) is 8.99. The second-order valence-electron chi connectivity index (χ2n) is 7.35. The zero-order valence-electron chi connectivity index (χ0n) is 17.5. The molecule has 0 N–H and O–H groups in total. The molecule has 1 saturated heterocycles. The van der Waals surface area contributed by atoms with Crippen LogP contribution in [0.4, 0.5) is 18.9 Å². The highest BCUT2D eigenvalue weighted by Gasteiger charge is 2.35. The summed E-state index contributed by atoms with van der Waals surface area (Å²) in [5, 5.41) is 0.559. The number of sulfonamides is 1. The Morgan fingerprint density at radius 3 is 2.55 bits per heavy atom. The van der Waals surface area contributed by atoms with Gasteiger partial charge in [0, 0.05) is 49.2 Å². The molecule has 4 rings (SSSR count). The van der Waals surface area contributed by atoms with Gasteiger partial charge in [0.15, 0.2) is 0 Å². The van der Waals surface area contributed by atoms with E-state index in [2.05, 4.69) is 4.98 Å². The highest BCUT2D eigenvalue weighted by Crippen LogP contribution is 2.35. The van der Waals surface area contributed by atoms with Gasteiger partial charge in [-0.2, -0.15) is 17.5 Å². The number of carbonyl (C=O) groups excluding carboxylic acids is 1. The molecular weight excluding hydrogens is 479 g/mol. The molecule has 0 bridgehead atoms. The third kappa shape index (κ3) is 4.59. The number of pyridine rings is 1. The minimum absolute atomic E-state index is 0.0584. The highest BCUT2D eigenvalue weighted by molar-refractivity contribution is 8.05. The lowest BCUT2D eigenvalue weighted by Crippen LogP contribution is -2.49. The molecule has 2 aliphatic rings. The minimum Gasteiger partial charge on any atom is -0.465 e. The summed E-state index contributed by atoms with van der Waals surface area (Å²) >= 11 is 1.11. The summed E-state index contributed by atoms with van der Waals surface area (Å²) in [6.45, 7) is 0.973. The number of thioether (sulfide) groups is 1. The number of rotatable bonds is 4. The summed E-state index contributed by atoms with van der Waals surface area (Å²) in [6, 6.07) is 5.12. The van der Waals surface area contributed by atoms with Gasteiger partial charge in [-0.05, 0) is 24.3 Å². The van der Waals surface area contributed by atoms with Crippen LogP contribution in [0.15, 0.2) is 52.4 Å². The van der Waals surface area contributed by atoms with Crippen molar-refractivity contribution in [2.24, 2.45) is 0 Å². The molecule has 0 unspecified atom stereocenters. The number of halogens is 3. The van der Waals surface area contributed by atoms with Crippen molar-refractivity contribution in [3.8, 4) is 0 Å². The summed E-state index contributed by atoms with van der Waals surface area (Å²) in [5.74, 6) is -0.217. The van der Waals surface area contributed by atoms with Crippen LogP contribution in [0, 0.1) is 0 Å². The van der Waals surface area contributed by atoms with Crippen molar-refractivity contribution in [3.63, 3.8) is 0 Å². The Balaban J connectivity index is 1.57. The van der Waals surface area contributed by atoms with Crippen molar-refractivity contribution in [2.45, 2.75) is 6.18 Å². The number of esters is 1. The number of carbonyl (C=O) groups is 1. The molecule has 12 heteroatoms. The van der Waals surface area contributed by atoms with Crippen LogP contribution in [0.5, 0.6) is 0 Å². The fourth-order valence-corrected chi connectivity index (χ4v) is 6.55. The summed E-state index contributed by atoms with van der Waals surface area (Å²) in [7, 11) is -2.72. The van der Waals surface area contributed by atoms with Gasteiger partial charge in [-0.1, -0.05) is 12.1 Å². The Kier molecular flexibility index (Phi) is 6.43. The molecule has 3 heterocycles. The first-order valence-electron chi connectivity index (χ1n) is 9.96. The van der Waals surface area contributed by atoms with Crippen molar-refractivity contribution in [3.05, 3.63) is 58.0 Å². The molecule has 1 aromatic carbocycles. The molecular formula is C21H20F3N3O4S2. The fourth-order valence-electron chi connectivity index (χ4n) is 3.78. The number of benzene rings is 1. The van der Waals surface area contributed by atoms with E-state index in [1.54, 1.807) is 12.1 Å². The van der Waals surface area contributed by atoms with Crippen LogP contribution >= 0.6 is 11.8 Å². The number of anilines is 1. The van der Waals surface area contributed by atoms with Crippen molar-refractivity contribution in [1.82, 2.24) is 9.29 Å². The maximum Gasteiger partial charge on any atom is 0.416 e. The maximum absolute atomic E-state index is 13.2. The van der Waals surface area contributed by atoms with Gasteiger partial charge in [-0.3, -0.25) is 4.98 Å². The van der Waals surface area contributed by atoms with Crippen molar-refractivity contribution < 1.29 is 31.1 Å². The number of allylic oxidation sites excluding steroid dienone is 1. The van der Waals surface area contributed by atoms with E-state index in [1.807, 2.05) is 4.90 Å². The lowest BCUT2D eigenvalue weighted by atomic mass is 10.1. The predicted molar refractivity (Wildman–Crippen MR) is 120 cm³/mol. The zero-order valence-corrected chi connectivity index (χ0v) is 19.1. The van der Waals surface area contributed by atoms with Crippen LogP contribution in [-0.4, -0.2) is 62.7 Å². The van der Waals surface area contributed by atoms with Crippen LogP contribution in [-0.2, 0) is 25.7 Å². The maximum atomic E-state index is 13.2. The minimum atomic E-state index is -4.46. The smallest absolute Gasteiger partial charge is 0.416 e. The highest BCUT2D eigenvalue weighted by atomic mass is 32.2. The van der Waals surface area contributed by atoms with E-state index in [4.69, 9.17) is 4.74 Å². The molecule has 7 nitrogen and oxygen atoms in total. The largest absolute Gasteiger partial charge is 0.465 e. The van der Waals surface area contributed by atoms with Gasteiger partial charge in [0.05, 0.1) is 18.2 Å². The molecule has 33 heavy (non-hydrogen) atoms. The number of nitrogens with zero attached hydrogens (tertiary/aromatic N) is 3. The van der Waals surface area contributed by atoms with Gasteiger partial charge in [-0.25, -0.2) is 13.2 Å². The predicted octanol–water partition coefficient (Wildman–Crippen LogP) is 3.39. The number of piperazine rings is 1. The monoisotopic (exact) mass is 499 g/mol. The first-order valence-corrected chi connectivity index (χ1v) is 12.4. The third-order valence-electron chi connectivity index (χ3n) is 5.43. The van der Waals surface area contributed by atoms with Gasteiger partial charge in [-0.15, -0.1) is 11.8 Å². The van der Waals surface area contributed by atoms with Gasteiger partial charge in [0.25, 0.3) is 0 Å². The number of hydrogen-bond donors (Lipinski definition) is 0. The summed E-state index contributed by atoms with van der Waals surface area (Å²) < 4.78 is 71.6. The van der Waals surface area contributed by atoms with E-state index >= 15 is 0 Å². The third-order valence-corrected chi connectivity index (χ3v) is 8.54. The molecule has 2 aromatic rings. The van der Waals surface area contributed by atoms with Crippen molar-refractivity contribution >= 4 is 44.3 Å². The summed E-state index contributed by atoms with van der Waals surface area (Å²) in [6.07, 6.45) is 0.0888. The number of ether oxygens (including phenoxy) is 1. The Bertz CT molecular complexity index is 1250. The molecule has 2 aliphatic heterocycles. The standard InChI is InChI=1S/C21H20F3N3O4S2/c1-31-20(28)19-18(3-2-12-32-19)33(29,30)27-10-8-26(9-11-27)17-6-7-25-16-13-14(21(22,23)24)4-5-15(16)17/h2-7,13H,8-12H2,1H3. The number of aromatic nitrogens is 1. The summed E-state index contributed by atoms with van der Waals surface area (Å²) in [4.78, 5) is 18.0. The number of methoxy groups -OCH3 is 1. The molecule has 0 saturated carbocycles. The van der Waals surface area contributed by atoms with E-state index in [0.717, 1.165) is 23.9 Å². The number of hydrogen-bond acceptors (Lipinski definition) is 7. The number of alkyl halides is 3. The quantitative estimate of drug-likeness (QED) is 0.597. The van der Waals surface area contributed by atoms with E-state index < -0.39 is 27.7 Å². The first-order chi connectivity index (χ1) is 15.6. The van der Waals surface area contributed by atoms with Crippen molar-refractivity contribution in [2.75, 3.05) is 43.9 Å². The topological polar surface area (TPSA) is 79.8 Å². The Morgan fingerprint density at radius 1 is 1.15 bits per heavy atom. The van der Waals surface area contributed by atoms with Gasteiger partial charge >= 0.3 is 12.1 Å². The normalized spacial score (nSPS) is 18.1. The van der Waals surface area contributed by atoms with Crippen molar-refractivity contribution in [1.29, 1.82) is 0 Å². The lowest BCUT2D eigenvalue weighted by Gasteiger charge is -2.36. The Hall–Kier alpha value is -2.57. The van der Waals surface area contributed by atoms with Gasteiger partial charge in [0.1, 0.15) is 9.81 Å². The average Bonchev–Trinajstić information content (AvgIpc) is 2.82. The SMILES string of the molecule is COC(=O)C1=C(S(=O)(=O)N2CCN(c3ccnc4cc(C(F)(F)F)ccc34)CC2)C=CCS1. The zero-order chi connectivity index (χ0) is 23.8. The van der Waals surface area contributed by atoms with E-state index in [0.29, 0.717) is 29.9 Å². The molecule has 0 atom stereocenters. The lowest BCUT2D eigenvalue weighted by molar-refractivity contribution is -0.137. The first kappa shape index (κ1) is 23.6. The van der Waals surface area contributed by atoms with Crippen LogP contribution in [0.25, 0.3) is 10.9 Å². The average molecular weight is 500 g/mol. The van der Waals surface area contributed by atoms with Crippen LogP contribution < -0.4 is 4.90 Å². The Labute approximate surface area is 192 Å². The summed E-state index contributed by atoms with van der Waals surface area (Å²) in [5.41, 5.74) is 0.131. The van der Waals surface area contributed by atoms with Crippen LogP contribution in [0.3, 0.4) is 0 Å². The van der Waals surface area contributed by atoms with Crippen LogP contribution in [0.1, 0.15) is 5.56 Å². The molecule has 0 radical (unpaired) electrons. The van der Waals surface area contributed by atoms with Gasteiger partial charge in [0.2, 0.25) is 10.0 Å². The molecule has 0 amide bonds. The van der Waals surface area contributed by atoms with E-state index in [-0.39, 0.29) is 28.4 Å². The number of fused-ring (bicyclic) bond motifs is 1. The molecule has 1 aromatic heterocycles. The fraction of sp³-hybridized carbons (Fsp3) is 0.333. The van der Waals surface area contributed by atoms with Gasteiger partial charge < -0.3 is 9.64 Å². The molecule has 0 aliphatic carbocycles. The molecule has 0 spiro atoms. The van der Waals surface area contributed by atoms with E-state index in [1.165, 1.54) is 29.8 Å². The molecule has 1 fully saturated rings. The molecule has 176 valence electrons. The van der Waals surface area contributed by atoms with Crippen LogP contribution in [0.2, 0.25) is 0 Å².